The molecule has 0 N–H and O–H groups in total. The second kappa shape index (κ2) is 12.6. The van der Waals surface area contributed by atoms with Gasteiger partial charge in [0.05, 0.1) is 11.4 Å². The molecular weight excluding hydrogens is 671 g/mol. The highest BCUT2D eigenvalue weighted by atomic mass is 16.3. The Balaban J connectivity index is 1.08. The fourth-order valence-corrected chi connectivity index (χ4v) is 8.27. The molecule has 11 aromatic rings. The Morgan fingerprint density at radius 3 is 1.76 bits per heavy atom. The van der Waals surface area contributed by atoms with E-state index in [0.717, 1.165) is 83.2 Å². The van der Waals surface area contributed by atoms with Crippen LogP contribution in [0.4, 0.5) is 17.1 Å². The molecule has 0 saturated carbocycles. The Bertz CT molecular complexity index is 3220. The fourth-order valence-electron chi connectivity index (χ4n) is 8.27. The molecule has 0 spiro atoms. The molecule has 3 heteroatoms. The van der Waals surface area contributed by atoms with E-state index >= 15 is 0 Å². The summed E-state index contributed by atoms with van der Waals surface area (Å²) in [4.78, 5) is 2.35. The summed E-state index contributed by atoms with van der Waals surface area (Å²) >= 11 is 0. The van der Waals surface area contributed by atoms with Crippen molar-refractivity contribution in [3.8, 4) is 33.4 Å². The highest BCUT2D eigenvalue weighted by Gasteiger charge is 2.23. The minimum atomic E-state index is 0.847. The molecule has 11 rings (SSSR count). The van der Waals surface area contributed by atoms with Crippen molar-refractivity contribution in [2.45, 2.75) is 0 Å². The van der Waals surface area contributed by atoms with Crippen molar-refractivity contribution >= 4 is 71.7 Å². The summed E-state index contributed by atoms with van der Waals surface area (Å²) in [5.74, 6) is 0. The van der Waals surface area contributed by atoms with E-state index in [1.807, 2.05) is 24.3 Å². The maximum Gasteiger partial charge on any atom is 0.159 e. The lowest BCUT2D eigenvalue weighted by Crippen LogP contribution is -2.11. The Labute approximate surface area is 317 Å². The predicted molar refractivity (Wildman–Crippen MR) is 229 cm³/mol. The summed E-state index contributed by atoms with van der Waals surface area (Å²) in [5.41, 5.74) is 13.5. The third-order valence-electron chi connectivity index (χ3n) is 10.9. The van der Waals surface area contributed by atoms with Crippen molar-refractivity contribution in [3.63, 3.8) is 0 Å². The molecule has 9 aromatic carbocycles. The van der Waals surface area contributed by atoms with E-state index in [4.69, 9.17) is 8.83 Å². The fraction of sp³-hybridized carbons (Fsp3) is 0. The third-order valence-corrected chi connectivity index (χ3v) is 10.9. The van der Waals surface area contributed by atoms with Gasteiger partial charge in [-0.25, -0.2) is 0 Å². The van der Waals surface area contributed by atoms with E-state index in [2.05, 4.69) is 181 Å². The lowest BCUT2D eigenvalue weighted by molar-refractivity contribution is 0.668. The van der Waals surface area contributed by atoms with Crippen LogP contribution in [0.15, 0.2) is 209 Å². The minimum Gasteiger partial charge on any atom is -0.456 e. The summed E-state index contributed by atoms with van der Waals surface area (Å²) in [6.07, 6.45) is 0. The molecule has 0 bridgehead atoms. The van der Waals surface area contributed by atoms with Crippen LogP contribution in [0.25, 0.3) is 88.0 Å². The zero-order chi connectivity index (χ0) is 36.3. The van der Waals surface area contributed by atoms with Gasteiger partial charge in [0, 0.05) is 32.8 Å². The number of fused-ring (bicyclic) bond motifs is 7. The highest BCUT2D eigenvalue weighted by Crippen LogP contribution is 2.46. The first-order chi connectivity index (χ1) is 27.3. The molecule has 258 valence electrons. The summed E-state index contributed by atoms with van der Waals surface area (Å²) < 4.78 is 12.9. The van der Waals surface area contributed by atoms with Crippen LogP contribution in [0.3, 0.4) is 0 Å². The average molecular weight is 704 g/mol. The molecule has 2 heterocycles. The SMILES string of the molecule is c1cc(-c2ccc(-c3cccc4ccccc34)cc2)cc(N(c2ccccc2-c2ccc3oc4ccccc4c3c2)c2cccc3c2oc2ccccc23)c1. The second-order valence-electron chi connectivity index (χ2n) is 14.1. The van der Waals surface area contributed by atoms with Crippen LogP contribution in [0.5, 0.6) is 0 Å². The van der Waals surface area contributed by atoms with E-state index in [-0.39, 0.29) is 0 Å². The third kappa shape index (κ3) is 5.20. The van der Waals surface area contributed by atoms with Gasteiger partial charge < -0.3 is 13.7 Å². The summed E-state index contributed by atoms with van der Waals surface area (Å²) in [6, 6.07) is 71.0. The molecule has 0 amide bonds. The number of benzene rings is 9. The average Bonchev–Trinajstić information content (AvgIpc) is 3.83. The van der Waals surface area contributed by atoms with Gasteiger partial charge in [0.2, 0.25) is 0 Å². The van der Waals surface area contributed by atoms with Gasteiger partial charge in [0.1, 0.15) is 16.7 Å². The first-order valence-corrected chi connectivity index (χ1v) is 18.7. The number of para-hydroxylation sites is 4. The molecule has 0 aliphatic carbocycles. The van der Waals surface area contributed by atoms with Gasteiger partial charge in [0.25, 0.3) is 0 Å². The van der Waals surface area contributed by atoms with Crippen LogP contribution in [0.2, 0.25) is 0 Å². The molecule has 0 unspecified atom stereocenters. The predicted octanol–water partition coefficient (Wildman–Crippen LogP) is 15.1. The molecule has 0 atom stereocenters. The maximum absolute atomic E-state index is 6.70. The number of hydrogen-bond acceptors (Lipinski definition) is 3. The van der Waals surface area contributed by atoms with Crippen molar-refractivity contribution < 1.29 is 8.83 Å². The summed E-state index contributed by atoms with van der Waals surface area (Å²) in [6.45, 7) is 0. The van der Waals surface area contributed by atoms with Gasteiger partial charge in [-0.1, -0.05) is 152 Å². The molecule has 2 aromatic heterocycles. The van der Waals surface area contributed by atoms with Crippen LogP contribution in [-0.2, 0) is 0 Å². The molecule has 0 saturated heterocycles. The van der Waals surface area contributed by atoms with Crippen molar-refractivity contribution in [2.75, 3.05) is 4.90 Å². The van der Waals surface area contributed by atoms with Crippen LogP contribution in [0.1, 0.15) is 0 Å². The zero-order valence-corrected chi connectivity index (χ0v) is 29.8. The van der Waals surface area contributed by atoms with Gasteiger partial charge in [-0.2, -0.15) is 0 Å². The Morgan fingerprint density at radius 2 is 0.891 bits per heavy atom. The zero-order valence-electron chi connectivity index (χ0n) is 29.8. The van der Waals surface area contributed by atoms with Gasteiger partial charge in [-0.15, -0.1) is 0 Å². The number of furan rings is 2. The van der Waals surface area contributed by atoms with Crippen LogP contribution in [0, 0.1) is 0 Å². The van der Waals surface area contributed by atoms with Crippen molar-refractivity contribution in [2.24, 2.45) is 0 Å². The van der Waals surface area contributed by atoms with E-state index < -0.39 is 0 Å². The normalized spacial score (nSPS) is 11.6. The van der Waals surface area contributed by atoms with E-state index in [0.29, 0.717) is 0 Å². The molecule has 0 aliphatic rings. The van der Waals surface area contributed by atoms with Gasteiger partial charge in [0.15, 0.2) is 5.58 Å². The lowest BCUT2D eigenvalue weighted by Gasteiger charge is -2.28. The number of nitrogens with zero attached hydrogens (tertiary/aromatic N) is 1. The molecule has 55 heavy (non-hydrogen) atoms. The van der Waals surface area contributed by atoms with Crippen LogP contribution < -0.4 is 4.90 Å². The second-order valence-corrected chi connectivity index (χ2v) is 14.1. The Hall–Kier alpha value is -7.36. The largest absolute Gasteiger partial charge is 0.456 e. The molecule has 0 aliphatic heterocycles. The minimum absolute atomic E-state index is 0.847. The monoisotopic (exact) mass is 703 g/mol. The van der Waals surface area contributed by atoms with Crippen molar-refractivity contribution in [3.05, 3.63) is 200 Å². The Kier molecular flexibility index (Phi) is 7.17. The lowest BCUT2D eigenvalue weighted by atomic mass is 9.96. The summed E-state index contributed by atoms with van der Waals surface area (Å²) in [7, 11) is 0. The molecule has 0 fully saturated rings. The quantitative estimate of drug-likeness (QED) is 0.173. The topological polar surface area (TPSA) is 29.5 Å². The molecular formula is C52H33NO2. The number of anilines is 3. The van der Waals surface area contributed by atoms with E-state index in [9.17, 15) is 0 Å². The van der Waals surface area contributed by atoms with Crippen LogP contribution in [-0.4, -0.2) is 0 Å². The maximum atomic E-state index is 6.70. The van der Waals surface area contributed by atoms with E-state index in [1.165, 1.54) is 21.9 Å². The number of hydrogen-bond donors (Lipinski definition) is 0. The standard InChI is InChI=1S/C52H33NO2/c1-2-16-40-35(12-1)13-10-20-41(40)36-28-26-34(27-29-36)37-14-9-15-39(32-37)53(48-23-11-21-45-43-18-4-8-25-50(43)55-52(45)48)47-22-6-3-17-42(47)38-30-31-51-46(33-38)44-19-5-7-24-49(44)54-51/h1-33H. The van der Waals surface area contributed by atoms with Gasteiger partial charge in [-0.05, 0) is 87.1 Å². The first kappa shape index (κ1) is 31.2. The van der Waals surface area contributed by atoms with Gasteiger partial charge in [-0.3, -0.25) is 0 Å². The van der Waals surface area contributed by atoms with E-state index in [1.54, 1.807) is 0 Å². The smallest absolute Gasteiger partial charge is 0.159 e. The molecule has 0 radical (unpaired) electrons. The first-order valence-electron chi connectivity index (χ1n) is 18.7. The molecule has 3 nitrogen and oxygen atoms in total. The highest BCUT2D eigenvalue weighted by molar-refractivity contribution is 6.11. The van der Waals surface area contributed by atoms with Crippen LogP contribution >= 0.6 is 0 Å². The summed E-state index contributed by atoms with van der Waals surface area (Å²) in [5, 5.41) is 6.90. The number of rotatable bonds is 6. The Morgan fingerprint density at radius 1 is 0.309 bits per heavy atom. The van der Waals surface area contributed by atoms with Crippen molar-refractivity contribution in [1.82, 2.24) is 0 Å². The van der Waals surface area contributed by atoms with Gasteiger partial charge >= 0.3 is 0 Å². The van der Waals surface area contributed by atoms with Crippen molar-refractivity contribution in [1.29, 1.82) is 0 Å².